The van der Waals surface area contributed by atoms with Gasteiger partial charge in [-0.25, -0.2) is 4.39 Å². The predicted octanol–water partition coefficient (Wildman–Crippen LogP) is 0.127. The van der Waals surface area contributed by atoms with E-state index in [4.69, 9.17) is 5.73 Å². The molecule has 0 aliphatic carbocycles. The van der Waals surface area contributed by atoms with Crippen molar-refractivity contribution >= 4 is 5.91 Å². The van der Waals surface area contributed by atoms with Gasteiger partial charge < -0.3 is 16.0 Å². The topological polar surface area (TPSA) is 58.4 Å². The Morgan fingerprint density at radius 3 is 2.83 bits per heavy atom. The fourth-order valence-corrected chi connectivity index (χ4v) is 2.18. The van der Waals surface area contributed by atoms with Crippen molar-refractivity contribution in [2.45, 2.75) is 12.5 Å². The van der Waals surface area contributed by atoms with Gasteiger partial charge in [0.15, 0.2) is 0 Å². The lowest BCUT2D eigenvalue weighted by Crippen LogP contribution is -2.56. The van der Waals surface area contributed by atoms with Crippen LogP contribution in [0.5, 0.6) is 0 Å². The van der Waals surface area contributed by atoms with Crippen molar-refractivity contribution in [3.8, 4) is 0 Å². The first-order valence-corrected chi connectivity index (χ1v) is 6.15. The summed E-state index contributed by atoms with van der Waals surface area (Å²) in [5.74, 6) is -0.230. The highest BCUT2D eigenvalue weighted by atomic mass is 19.1. The van der Waals surface area contributed by atoms with Crippen LogP contribution >= 0.6 is 0 Å². The second-order valence-electron chi connectivity index (χ2n) is 4.48. The van der Waals surface area contributed by atoms with E-state index < -0.39 is 0 Å². The van der Waals surface area contributed by atoms with Gasteiger partial charge in [-0.2, -0.15) is 0 Å². The first-order valence-electron chi connectivity index (χ1n) is 6.15. The summed E-state index contributed by atoms with van der Waals surface area (Å²) in [6, 6.07) is 6.10. The van der Waals surface area contributed by atoms with Crippen LogP contribution in [0, 0.1) is 5.82 Å². The monoisotopic (exact) mass is 251 g/mol. The smallest absolute Gasteiger partial charge is 0.227 e. The summed E-state index contributed by atoms with van der Waals surface area (Å²) in [5.41, 5.74) is 6.49. The van der Waals surface area contributed by atoms with Gasteiger partial charge in [0.25, 0.3) is 0 Å². The molecular weight excluding hydrogens is 233 g/mol. The number of piperazine rings is 1. The highest BCUT2D eigenvalue weighted by Gasteiger charge is 2.25. The lowest BCUT2D eigenvalue weighted by molar-refractivity contribution is -0.133. The van der Waals surface area contributed by atoms with Crippen molar-refractivity contribution < 1.29 is 9.18 Å². The number of halogens is 1. The molecule has 0 aromatic heterocycles. The van der Waals surface area contributed by atoms with Gasteiger partial charge in [0.2, 0.25) is 5.91 Å². The van der Waals surface area contributed by atoms with Crippen molar-refractivity contribution in [2.24, 2.45) is 5.73 Å². The molecule has 0 spiro atoms. The van der Waals surface area contributed by atoms with Gasteiger partial charge in [-0.1, -0.05) is 12.1 Å². The molecule has 1 unspecified atom stereocenters. The van der Waals surface area contributed by atoms with Crippen LogP contribution in [-0.2, 0) is 11.2 Å². The van der Waals surface area contributed by atoms with Gasteiger partial charge in [0.1, 0.15) is 5.82 Å². The van der Waals surface area contributed by atoms with Gasteiger partial charge in [-0.3, -0.25) is 4.79 Å². The molecule has 0 bridgehead atoms. The number of hydrogen-bond donors (Lipinski definition) is 2. The number of amides is 1. The molecule has 0 saturated carbocycles. The number of nitrogens with two attached hydrogens (primary N) is 1. The average molecular weight is 251 g/mol. The van der Waals surface area contributed by atoms with E-state index in [1.165, 1.54) is 12.1 Å². The number of carbonyl (C=O) groups is 1. The molecule has 1 atom stereocenters. The summed E-state index contributed by atoms with van der Waals surface area (Å²) >= 11 is 0. The molecule has 0 radical (unpaired) electrons. The number of nitrogens with one attached hydrogen (secondary N) is 1. The fourth-order valence-electron chi connectivity index (χ4n) is 2.18. The molecule has 1 aromatic carbocycles. The number of benzene rings is 1. The number of rotatable bonds is 3. The summed E-state index contributed by atoms with van der Waals surface area (Å²) in [4.78, 5) is 14.0. The zero-order chi connectivity index (χ0) is 13.0. The molecule has 4 nitrogen and oxygen atoms in total. The Hall–Kier alpha value is -1.46. The minimum atomic E-state index is -0.284. The molecular formula is C13H18FN3O. The molecule has 1 aliphatic rings. The second-order valence-corrected chi connectivity index (χ2v) is 4.48. The van der Waals surface area contributed by atoms with Crippen LogP contribution in [0.1, 0.15) is 5.56 Å². The summed E-state index contributed by atoms with van der Waals surface area (Å²) in [6.45, 7) is 2.68. The predicted molar refractivity (Wildman–Crippen MR) is 67.5 cm³/mol. The number of carbonyl (C=O) groups excluding carboxylic acids is 1. The summed E-state index contributed by atoms with van der Waals surface area (Å²) in [5, 5.41) is 3.22. The van der Waals surface area contributed by atoms with Crippen molar-refractivity contribution in [1.29, 1.82) is 0 Å². The largest absolute Gasteiger partial charge is 0.336 e. The van der Waals surface area contributed by atoms with Crippen LogP contribution < -0.4 is 11.1 Å². The van der Waals surface area contributed by atoms with Crippen molar-refractivity contribution in [1.82, 2.24) is 10.2 Å². The molecule has 98 valence electrons. The second kappa shape index (κ2) is 5.93. The number of hydrogen-bond acceptors (Lipinski definition) is 3. The Bertz CT molecular complexity index is 407. The van der Waals surface area contributed by atoms with Gasteiger partial charge in [-0.15, -0.1) is 0 Å². The molecule has 5 heteroatoms. The van der Waals surface area contributed by atoms with Gasteiger partial charge in [-0.05, 0) is 17.7 Å². The molecule has 1 amide bonds. The van der Waals surface area contributed by atoms with E-state index >= 15 is 0 Å². The third kappa shape index (κ3) is 3.05. The summed E-state index contributed by atoms with van der Waals surface area (Å²) in [6.07, 6.45) is 0.302. The van der Waals surface area contributed by atoms with E-state index in [-0.39, 0.29) is 17.8 Å². The van der Waals surface area contributed by atoms with E-state index in [0.717, 1.165) is 18.7 Å². The van der Waals surface area contributed by atoms with E-state index in [9.17, 15) is 9.18 Å². The molecule has 1 heterocycles. The molecule has 2 rings (SSSR count). The SMILES string of the molecule is NCC1CNCCN1C(=O)Cc1ccc(F)cc1. The highest BCUT2D eigenvalue weighted by Crippen LogP contribution is 2.09. The Kier molecular flexibility index (Phi) is 4.28. The summed E-state index contributed by atoms with van der Waals surface area (Å²) < 4.78 is 12.8. The van der Waals surface area contributed by atoms with Crippen molar-refractivity contribution in [3.63, 3.8) is 0 Å². The Balaban J connectivity index is 2.00. The minimum Gasteiger partial charge on any atom is -0.336 e. The third-order valence-corrected chi connectivity index (χ3v) is 3.21. The maximum Gasteiger partial charge on any atom is 0.227 e. The average Bonchev–Trinajstić information content (AvgIpc) is 2.41. The molecule has 1 fully saturated rings. The van der Waals surface area contributed by atoms with E-state index in [1.54, 1.807) is 12.1 Å². The number of nitrogens with zero attached hydrogens (tertiary/aromatic N) is 1. The van der Waals surface area contributed by atoms with E-state index in [1.807, 2.05) is 4.90 Å². The Morgan fingerprint density at radius 2 is 2.17 bits per heavy atom. The van der Waals surface area contributed by atoms with Crippen molar-refractivity contribution in [2.75, 3.05) is 26.2 Å². The van der Waals surface area contributed by atoms with Crippen LogP contribution in [0.25, 0.3) is 0 Å². The van der Waals surface area contributed by atoms with Crippen LogP contribution in [0.4, 0.5) is 4.39 Å². The molecule has 1 aliphatic heterocycles. The first kappa shape index (κ1) is 13.0. The molecule has 3 N–H and O–H groups in total. The molecule has 1 saturated heterocycles. The Morgan fingerprint density at radius 1 is 1.44 bits per heavy atom. The first-order chi connectivity index (χ1) is 8.70. The summed E-state index contributed by atoms with van der Waals surface area (Å²) in [7, 11) is 0. The normalized spacial score (nSPS) is 19.9. The lowest BCUT2D eigenvalue weighted by atomic mass is 10.1. The minimum absolute atomic E-state index is 0.0542. The van der Waals surface area contributed by atoms with Crippen LogP contribution in [-0.4, -0.2) is 43.0 Å². The maximum absolute atomic E-state index is 12.8. The van der Waals surface area contributed by atoms with Gasteiger partial charge >= 0.3 is 0 Å². The maximum atomic E-state index is 12.8. The van der Waals surface area contributed by atoms with E-state index in [2.05, 4.69) is 5.32 Å². The lowest BCUT2D eigenvalue weighted by Gasteiger charge is -2.35. The van der Waals surface area contributed by atoms with Crippen molar-refractivity contribution in [3.05, 3.63) is 35.6 Å². The molecule has 1 aromatic rings. The highest BCUT2D eigenvalue weighted by molar-refractivity contribution is 5.79. The van der Waals surface area contributed by atoms with E-state index in [0.29, 0.717) is 19.5 Å². The zero-order valence-corrected chi connectivity index (χ0v) is 10.2. The van der Waals surface area contributed by atoms with Crippen LogP contribution in [0.3, 0.4) is 0 Å². The quantitative estimate of drug-likeness (QED) is 0.802. The van der Waals surface area contributed by atoms with Gasteiger partial charge in [0.05, 0.1) is 12.5 Å². The zero-order valence-electron chi connectivity index (χ0n) is 10.2. The van der Waals surface area contributed by atoms with Crippen LogP contribution in [0.2, 0.25) is 0 Å². The van der Waals surface area contributed by atoms with Gasteiger partial charge in [0, 0.05) is 26.2 Å². The third-order valence-electron chi connectivity index (χ3n) is 3.21. The standard InChI is InChI=1S/C13H18FN3O/c14-11-3-1-10(2-4-11)7-13(18)17-6-5-16-9-12(17)8-15/h1-4,12,16H,5-9,15H2. The fraction of sp³-hybridized carbons (Fsp3) is 0.462. The molecule has 18 heavy (non-hydrogen) atoms. The van der Waals surface area contributed by atoms with Crippen LogP contribution in [0.15, 0.2) is 24.3 Å². The Labute approximate surface area is 106 Å².